The second-order valence-corrected chi connectivity index (χ2v) is 9.73. The summed E-state index contributed by atoms with van der Waals surface area (Å²) in [6, 6.07) is 9.10. The van der Waals surface area contributed by atoms with Crippen LogP contribution in [0.15, 0.2) is 41.8 Å². The Hall–Kier alpha value is -0.380. The van der Waals surface area contributed by atoms with Crippen molar-refractivity contribution in [2.75, 3.05) is 0 Å². The van der Waals surface area contributed by atoms with Gasteiger partial charge in [-0.3, -0.25) is 0 Å². The third-order valence-electron chi connectivity index (χ3n) is 4.10. The number of thiophene rings is 2. The Morgan fingerprint density at radius 1 is 1.10 bits per heavy atom. The smallest absolute Gasteiger partial charge is 0.154 e. The summed E-state index contributed by atoms with van der Waals surface area (Å²) in [6.45, 7) is 10.5. The molecule has 0 bridgehead atoms. The summed E-state index contributed by atoms with van der Waals surface area (Å²) in [4.78, 5) is 2.99. The van der Waals surface area contributed by atoms with E-state index in [1.807, 2.05) is 22.7 Å². The minimum absolute atomic E-state index is 0.154. The van der Waals surface area contributed by atoms with Crippen LogP contribution in [0.4, 0.5) is 0 Å². The summed E-state index contributed by atoms with van der Waals surface area (Å²) in [7, 11) is 0. The van der Waals surface area contributed by atoms with E-state index in [0.29, 0.717) is 18.7 Å². The van der Waals surface area contributed by atoms with Gasteiger partial charge in [0.1, 0.15) is 0 Å². The fourth-order valence-corrected chi connectivity index (χ4v) is 6.64. The van der Waals surface area contributed by atoms with Gasteiger partial charge in [0.2, 0.25) is 0 Å². The van der Waals surface area contributed by atoms with E-state index in [-0.39, 0.29) is 4.65 Å². The van der Waals surface area contributed by atoms with Crippen LogP contribution in [-0.4, -0.2) is 13.4 Å². The van der Waals surface area contributed by atoms with E-state index < -0.39 is 0 Å². The molecule has 108 valence electrons. The van der Waals surface area contributed by atoms with Crippen LogP contribution >= 0.6 is 34.4 Å². The molecule has 3 heterocycles. The molecule has 5 heteroatoms. The second-order valence-electron chi connectivity index (χ2n) is 6.22. The fourth-order valence-electron chi connectivity index (χ4n) is 2.76. The van der Waals surface area contributed by atoms with Gasteiger partial charge < -0.3 is 0 Å². The van der Waals surface area contributed by atoms with E-state index in [4.69, 9.17) is 0 Å². The summed E-state index contributed by atoms with van der Waals surface area (Å²) >= 11 is 5.98. The maximum absolute atomic E-state index is 2.45. The topological polar surface area (TPSA) is 0 Å². The van der Waals surface area contributed by atoms with Crippen molar-refractivity contribution in [3.05, 3.63) is 51.6 Å². The summed E-state index contributed by atoms with van der Waals surface area (Å²) in [5.74, 6) is 0. The minimum Gasteiger partial charge on any atom is -0.154 e. The molecule has 0 fully saturated rings. The first-order valence-electron chi connectivity index (χ1n) is 7.53. The van der Waals surface area contributed by atoms with Crippen LogP contribution in [0, 0.1) is 0 Å². The molecular formula is C16H20B2S3. The van der Waals surface area contributed by atoms with Crippen LogP contribution in [0.1, 0.15) is 15.0 Å². The van der Waals surface area contributed by atoms with E-state index in [1.54, 1.807) is 0 Å². The molecular weight excluding hydrogens is 310 g/mol. The lowest BCUT2D eigenvalue weighted by Gasteiger charge is -2.29. The average molecular weight is 330 g/mol. The molecule has 2 aromatic heterocycles. The molecule has 0 radical (unpaired) electrons. The lowest BCUT2D eigenvalue weighted by Crippen LogP contribution is -2.31. The van der Waals surface area contributed by atoms with E-state index >= 15 is 0 Å². The van der Waals surface area contributed by atoms with Crippen LogP contribution in [-0.2, 0) is 4.65 Å². The Kier molecular flexibility index (Phi) is 4.45. The van der Waals surface area contributed by atoms with Crippen molar-refractivity contribution in [3.8, 4) is 0 Å². The molecule has 1 aliphatic heterocycles. The zero-order valence-corrected chi connectivity index (χ0v) is 15.4. The highest BCUT2D eigenvalue weighted by atomic mass is 32.2. The lowest BCUT2D eigenvalue weighted by molar-refractivity contribution is 1.14. The van der Waals surface area contributed by atoms with Gasteiger partial charge in [-0.1, -0.05) is 51.6 Å². The molecule has 0 saturated heterocycles. The quantitative estimate of drug-likeness (QED) is 0.541. The highest BCUT2D eigenvalue weighted by molar-refractivity contribution is 8.02. The van der Waals surface area contributed by atoms with Gasteiger partial charge in [0, 0.05) is 14.4 Å². The summed E-state index contributed by atoms with van der Waals surface area (Å²) in [5, 5.41) is 2.70. The predicted octanol–water partition coefficient (Wildman–Crippen LogP) is 5.30. The van der Waals surface area contributed by atoms with Gasteiger partial charge in [-0.15, -0.1) is 23.1 Å². The zero-order chi connectivity index (χ0) is 15.0. The Bertz CT molecular complexity index is 628. The molecule has 2 unspecified atom stereocenters. The lowest BCUT2D eigenvalue weighted by atomic mass is 9.44. The maximum atomic E-state index is 2.45. The van der Waals surface area contributed by atoms with Crippen LogP contribution in [0.3, 0.4) is 0 Å². The van der Waals surface area contributed by atoms with Gasteiger partial charge in [0.15, 0.2) is 13.4 Å². The van der Waals surface area contributed by atoms with Crippen LogP contribution in [0.2, 0.25) is 27.3 Å². The predicted molar refractivity (Wildman–Crippen MR) is 104 cm³/mol. The average Bonchev–Trinajstić information content (AvgIpc) is 3.18. The molecule has 0 saturated carbocycles. The summed E-state index contributed by atoms with van der Waals surface area (Å²) in [5.41, 5.74) is 0. The van der Waals surface area contributed by atoms with Crippen molar-refractivity contribution < 1.29 is 0 Å². The molecule has 0 aromatic carbocycles. The van der Waals surface area contributed by atoms with Crippen molar-refractivity contribution in [1.82, 2.24) is 0 Å². The summed E-state index contributed by atoms with van der Waals surface area (Å²) in [6.07, 6.45) is 4.87. The van der Waals surface area contributed by atoms with E-state index in [0.717, 1.165) is 0 Å². The molecule has 0 aliphatic carbocycles. The first-order valence-corrected chi connectivity index (χ1v) is 10.1. The monoisotopic (exact) mass is 330 g/mol. The van der Waals surface area contributed by atoms with E-state index in [9.17, 15) is 0 Å². The van der Waals surface area contributed by atoms with Crippen LogP contribution in [0.25, 0.3) is 0 Å². The molecule has 1 aliphatic rings. The third-order valence-corrected chi connectivity index (χ3v) is 8.75. The van der Waals surface area contributed by atoms with Crippen LogP contribution < -0.4 is 4.78 Å². The van der Waals surface area contributed by atoms with Crippen LogP contribution in [0.5, 0.6) is 0 Å². The van der Waals surface area contributed by atoms with Crippen molar-refractivity contribution in [2.45, 2.75) is 37.2 Å². The van der Waals surface area contributed by atoms with E-state index in [2.05, 4.69) is 80.9 Å². The molecule has 3 rings (SSSR count). The van der Waals surface area contributed by atoms with Gasteiger partial charge in [-0.05, 0) is 22.3 Å². The molecule has 2 atom stereocenters. The Balaban J connectivity index is 1.88. The van der Waals surface area contributed by atoms with Gasteiger partial charge >= 0.3 is 0 Å². The van der Waals surface area contributed by atoms with Crippen molar-refractivity contribution in [2.24, 2.45) is 0 Å². The Morgan fingerprint density at radius 2 is 1.90 bits per heavy atom. The van der Waals surface area contributed by atoms with Gasteiger partial charge in [-0.25, -0.2) is 0 Å². The highest BCUT2D eigenvalue weighted by Crippen LogP contribution is 2.55. The molecule has 0 amide bonds. The van der Waals surface area contributed by atoms with Gasteiger partial charge in [0.25, 0.3) is 0 Å². The van der Waals surface area contributed by atoms with Crippen molar-refractivity contribution in [1.29, 1.82) is 0 Å². The van der Waals surface area contributed by atoms with Gasteiger partial charge in [-0.2, -0.15) is 11.3 Å². The third kappa shape index (κ3) is 2.80. The zero-order valence-electron chi connectivity index (χ0n) is 13.0. The molecule has 0 spiro atoms. The van der Waals surface area contributed by atoms with Gasteiger partial charge in [0.05, 0.1) is 5.25 Å². The number of hydrogen-bond acceptors (Lipinski definition) is 3. The second kappa shape index (κ2) is 6.02. The molecule has 21 heavy (non-hydrogen) atoms. The highest BCUT2D eigenvalue weighted by Gasteiger charge is 2.42. The molecule has 0 N–H and O–H groups in total. The number of rotatable bonds is 4. The fraction of sp³-hybridized carbons (Fsp3) is 0.375. The minimum atomic E-state index is 0.154. The SMILES string of the molecule is CB(C)c1ccc(C2C=CC(B(C)C)(c3cccs3)S2)s1. The Morgan fingerprint density at radius 3 is 2.48 bits per heavy atom. The number of hydrogen-bond donors (Lipinski definition) is 0. The Labute approximate surface area is 141 Å². The normalized spacial score (nSPS) is 24.5. The van der Waals surface area contributed by atoms with E-state index in [1.165, 1.54) is 14.5 Å². The largest absolute Gasteiger partial charge is 0.182 e. The van der Waals surface area contributed by atoms with Crippen molar-refractivity contribution >= 4 is 52.6 Å². The maximum Gasteiger partial charge on any atom is 0.182 e. The first kappa shape index (κ1) is 15.5. The van der Waals surface area contributed by atoms with Crippen molar-refractivity contribution in [3.63, 3.8) is 0 Å². The standard InChI is InChI=1S/C16H20B2S3/c1-17(2)15-8-7-12(20-15)13-9-10-16(21-13,18(3)4)14-6-5-11-19-14/h5-11,13H,1-4H3. The first-order chi connectivity index (χ1) is 10.0. The molecule has 0 nitrogen and oxygen atoms in total. The molecule has 2 aromatic rings. The summed E-state index contributed by atoms with van der Waals surface area (Å²) < 4.78 is 1.65. The number of thioether (sulfide) groups is 1.